The molecule has 2 N–H and O–H groups in total. The topological polar surface area (TPSA) is 97.1 Å². The number of hydrogen-bond acceptors (Lipinski definition) is 2. The second-order valence-corrected chi connectivity index (χ2v) is 0.379. The van der Waals surface area contributed by atoms with E-state index in [1.54, 1.807) is 0 Å². The lowest BCUT2D eigenvalue weighted by Crippen LogP contribution is -1.36. The van der Waals surface area contributed by atoms with Crippen molar-refractivity contribution in [1.29, 1.82) is 11.1 Å². The molecule has 0 fully saturated rings. The van der Waals surface area contributed by atoms with E-state index in [2.05, 4.69) is 20.9 Å². The Morgan fingerprint density at radius 2 is 1.17 bits per heavy atom. The highest BCUT2D eigenvalue weighted by Gasteiger charge is 1.51. The molecule has 6 nitrogen and oxygen atoms in total. The number of rotatable bonds is 2. The average molecular weight is 86.1 g/mol. The van der Waals surface area contributed by atoms with Crippen molar-refractivity contribution < 1.29 is 0 Å². The van der Waals surface area contributed by atoms with Gasteiger partial charge in [0.15, 0.2) is 0 Å². The van der Waals surface area contributed by atoms with Crippen LogP contribution in [0.25, 0.3) is 0 Å². The van der Waals surface area contributed by atoms with Crippen LogP contribution in [0.5, 0.6) is 0 Å². The van der Waals surface area contributed by atoms with Gasteiger partial charge in [-0.15, -0.1) is 0 Å². The zero-order chi connectivity index (χ0) is 4.83. The summed E-state index contributed by atoms with van der Waals surface area (Å²) < 4.78 is 0. The van der Waals surface area contributed by atoms with Gasteiger partial charge in [-0.2, -0.15) is 11.1 Å². The molecule has 0 spiro atoms. The van der Waals surface area contributed by atoms with Crippen LogP contribution in [0.4, 0.5) is 0 Å². The molecule has 0 heterocycles. The first kappa shape index (κ1) is 4.80. The summed E-state index contributed by atoms with van der Waals surface area (Å²) >= 11 is 0. The van der Waals surface area contributed by atoms with E-state index in [4.69, 9.17) is 11.1 Å². The molecule has 0 atom stereocenters. The van der Waals surface area contributed by atoms with Crippen molar-refractivity contribution in [3.8, 4) is 0 Å². The largest absolute Gasteiger partial charge is 0.183 e. The first-order valence-electron chi connectivity index (χ1n) is 1.05. The first-order chi connectivity index (χ1) is 2.91. The molecule has 0 amide bonds. The highest BCUT2D eigenvalue weighted by atomic mass is 15.5. The lowest BCUT2D eigenvalue weighted by molar-refractivity contribution is 0.808. The first-order valence-corrected chi connectivity index (χ1v) is 1.05. The van der Waals surface area contributed by atoms with Gasteiger partial charge < -0.3 is 0 Å². The maximum Gasteiger partial charge on any atom is -0.00224 e. The molecule has 32 valence electrons. The number of nitrogens with one attached hydrogen (secondary N) is 2. The van der Waals surface area contributed by atoms with Crippen molar-refractivity contribution in [2.75, 3.05) is 0 Å². The predicted molar refractivity (Wildman–Crippen MR) is 15.2 cm³/mol. The highest BCUT2D eigenvalue weighted by molar-refractivity contribution is 3.93. The average Bonchev–Trinajstić information content (AvgIpc) is 1.61. The lowest BCUT2D eigenvalue weighted by Gasteiger charge is -1.56. The van der Waals surface area contributed by atoms with Crippen molar-refractivity contribution in [3.63, 3.8) is 0 Å². The Morgan fingerprint density at radius 1 is 0.833 bits per heavy atom. The standard InChI is InChI=1S/H2N6/c1-3-5-6-4-2/h1-2H/b3-1?,4-2?,6-5+. The van der Waals surface area contributed by atoms with Crippen molar-refractivity contribution >= 4 is 0 Å². The fraction of sp³-hybridized carbons (Fsp3) is 0. The Morgan fingerprint density at radius 3 is 1.33 bits per heavy atom. The van der Waals surface area contributed by atoms with Gasteiger partial charge in [-0.05, 0) is 20.9 Å². The van der Waals surface area contributed by atoms with Crippen LogP contribution in [-0.4, -0.2) is 0 Å². The zero-order valence-electron chi connectivity index (χ0n) is 2.79. The third-order valence-corrected chi connectivity index (χ3v) is 0.129. The molecule has 0 saturated carbocycles. The number of nitrogens with zero attached hydrogens (tertiary/aromatic N) is 4. The van der Waals surface area contributed by atoms with E-state index >= 15 is 0 Å². The van der Waals surface area contributed by atoms with Gasteiger partial charge in [-0.1, -0.05) is 0 Å². The third-order valence-electron chi connectivity index (χ3n) is 0.129. The molecule has 0 radical (unpaired) electrons. The van der Waals surface area contributed by atoms with E-state index in [1.165, 1.54) is 0 Å². The smallest absolute Gasteiger partial charge is 0.00224 e. The van der Waals surface area contributed by atoms with Crippen LogP contribution >= 0.6 is 0 Å². The van der Waals surface area contributed by atoms with Gasteiger partial charge in [0.05, 0.1) is 0 Å². The fourth-order valence-corrected chi connectivity index (χ4v) is 0.0400. The monoisotopic (exact) mass is 86.0 g/mol. The van der Waals surface area contributed by atoms with Crippen molar-refractivity contribution in [1.82, 2.24) is 0 Å². The molecule has 6 heteroatoms. The molecule has 0 aliphatic carbocycles. The summed E-state index contributed by atoms with van der Waals surface area (Å²) in [5.41, 5.74) is 11.9. The number of hydrogen-bond donors (Lipinski definition) is 2. The van der Waals surface area contributed by atoms with Gasteiger partial charge in [0, 0.05) is 0 Å². The molecular formula is H2N6. The van der Waals surface area contributed by atoms with Crippen molar-refractivity contribution in [2.45, 2.75) is 0 Å². The van der Waals surface area contributed by atoms with E-state index < -0.39 is 0 Å². The van der Waals surface area contributed by atoms with Gasteiger partial charge >= 0.3 is 0 Å². The van der Waals surface area contributed by atoms with Crippen molar-refractivity contribution in [3.05, 3.63) is 0 Å². The molecule has 0 aromatic heterocycles. The quantitative estimate of drug-likeness (QED) is 0.374. The Hall–Kier alpha value is -1.20. The molecule has 0 bridgehead atoms. The third kappa shape index (κ3) is 2.80. The Balaban J connectivity index is 3.17. The zero-order valence-corrected chi connectivity index (χ0v) is 2.79. The van der Waals surface area contributed by atoms with Crippen LogP contribution in [0.2, 0.25) is 0 Å². The summed E-state index contributed by atoms with van der Waals surface area (Å²) in [6.45, 7) is 0. The normalized spacial score (nSPS) is 8.67. The van der Waals surface area contributed by atoms with E-state index in [1.807, 2.05) is 0 Å². The van der Waals surface area contributed by atoms with Gasteiger partial charge in [-0.25, -0.2) is 0 Å². The molecule has 0 saturated heterocycles. The summed E-state index contributed by atoms with van der Waals surface area (Å²) in [4.78, 5) is 0. The summed E-state index contributed by atoms with van der Waals surface area (Å²) in [5.74, 6) is 0. The SMILES string of the molecule is N=N/N=N/N=N. The molecule has 0 aromatic rings. The van der Waals surface area contributed by atoms with Crippen LogP contribution in [0.1, 0.15) is 0 Å². The maximum atomic E-state index is 5.93. The van der Waals surface area contributed by atoms with Crippen LogP contribution in [0.15, 0.2) is 20.9 Å². The van der Waals surface area contributed by atoms with Gasteiger partial charge in [0.2, 0.25) is 0 Å². The van der Waals surface area contributed by atoms with E-state index in [0.29, 0.717) is 0 Å². The van der Waals surface area contributed by atoms with E-state index in [9.17, 15) is 0 Å². The minimum absolute atomic E-state index is 2.42. The minimum atomic E-state index is 2.42. The molecule has 6 heavy (non-hydrogen) atoms. The van der Waals surface area contributed by atoms with E-state index in [-0.39, 0.29) is 0 Å². The van der Waals surface area contributed by atoms with E-state index in [0.717, 1.165) is 0 Å². The predicted octanol–water partition coefficient (Wildman–Crippen LogP) is 1.33. The summed E-state index contributed by atoms with van der Waals surface area (Å²) in [5, 5.41) is 10.1. The van der Waals surface area contributed by atoms with Crippen LogP contribution in [0, 0.1) is 11.1 Å². The summed E-state index contributed by atoms with van der Waals surface area (Å²) in [6.07, 6.45) is 0. The highest BCUT2D eigenvalue weighted by Crippen LogP contribution is 1.71. The van der Waals surface area contributed by atoms with Crippen LogP contribution < -0.4 is 0 Å². The van der Waals surface area contributed by atoms with Gasteiger partial charge in [0.25, 0.3) is 0 Å². The maximum absolute atomic E-state index is 5.93. The minimum Gasteiger partial charge on any atom is -0.183 e. The molecule has 0 aliphatic rings. The summed E-state index contributed by atoms with van der Waals surface area (Å²) in [6, 6.07) is 0. The Kier molecular flexibility index (Phi) is 3.04. The summed E-state index contributed by atoms with van der Waals surface area (Å²) in [7, 11) is 0. The molecule has 0 rings (SSSR count). The fourth-order valence-electron chi connectivity index (χ4n) is 0.0400. The van der Waals surface area contributed by atoms with Crippen molar-refractivity contribution in [2.24, 2.45) is 20.9 Å². The van der Waals surface area contributed by atoms with Crippen LogP contribution in [0.3, 0.4) is 0 Å². The molecule has 0 aromatic carbocycles. The van der Waals surface area contributed by atoms with Crippen LogP contribution in [-0.2, 0) is 0 Å². The molecular weight excluding hydrogens is 84.0 g/mol. The molecule has 0 aliphatic heterocycles. The Bertz CT molecular complexity index is 58.1. The second-order valence-electron chi connectivity index (χ2n) is 0.379. The lowest BCUT2D eigenvalue weighted by atomic mass is 12.5. The van der Waals surface area contributed by atoms with Gasteiger partial charge in [0.1, 0.15) is 0 Å². The Labute approximate surface area is 33.2 Å². The van der Waals surface area contributed by atoms with Gasteiger partial charge in [-0.3, -0.25) is 0 Å². The molecule has 0 unspecified atom stereocenters. The second kappa shape index (κ2) is 3.80.